The Balaban J connectivity index is 1.57. The van der Waals surface area contributed by atoms with Crippen LogP contribution in [-0.4, -0.2) is 26.6 Å². The maximum atomic E-state index is 12.2. The number of hydrogen-bond acceptors (Lipinski definition) is 3. The summed E-state index contributed by atoms with van der Waals surface area (Å²) >= 11 is 1.65. The van der Waals surface area contributed by atoms with Crippen LogP contribution in [0.15, 0.2) is 60.1 Å². The van der Waals surface area contributed by atoms with Gasteiger partial charge in [0.2, 0.25) is 5.91 Å². The first kappa shape index (κ1) is 14.6. The van der Waals surface area contributed by atoms with Crippen LogP contribution in [-0.2, 0) is 11.3 Å². The summed E-state index contributed by atoms with van der Waals surface area (Å²) in [6, 6.07) is 6.09. The van der Waals surface area contributed by atoms with Gasteiger partial charge in [0.25, 0.3) is 0 Å². The summed E-state index contributed by atoms with van der Waals surface area (Å²) in [5, 5.41) is 7.12. The van der Waals surface area contributed by atoms with E-state index in [9.17, 15) is 4.79 Å². The molecule has 0 aliphatic carbocycles. The summed E-state index contributed by atoms with van der Waals surface area (Å²) in [4.78, 5) is 16.2. The maximum absolute atomic E-state index is 12.2. The van der Waals surface area contributed by atoms with Crippen LogP contribution in [0.4, 0.5) is 0 Å². The van der Waals surface area contributed by atoms with Crippen molar-refractivity contribution in [2.75, 3.05) is 6.54 Å². The minimum atomic E-state index is 0.0505. The van der Waals surface area contributed by atoms with Gasteiger partial charge in [-0.05, 0) is 34.5 Å². The number of carbonyl (C=O) groups excluding carboxylic acids is 1. The highest BCUT2D eigenvalue weighted by Crippen LogP contribution is 2.24. The summed E-state index contributed by atoms with van der Waals surface area (Å²) in [6.45, 7) is 1.34. The van der Waals surface area contributed by atoms with E-state index in [2.05, 4.69) is 26.3 Å². The molecule has 1 atom stereocenters. The van der Waals surface area contributed by atoms with Gasteiger partial charge in [-0.3, -0.25) is 4.79 Å². The van der Waals surface area contributed by atoms with E-state index in [4.69, 9.17) is 0 Å². The Morgan fingerprint density at radius 2 is 2.18 bits per heavy atom. The van der Waals surface area contributed by atoms with Gasteiger partial charge in [0, 0.05) is 37.9 Å². The zero-order valence-electron chi connectivity index (χ0n) is 12.1. The lowest BCUT2D eigenvalue weighted by Gasteiger charge is -2.18. The van der Waals surface area contributed by atoms with E-state index in [1.165, 1.54) is 5.56 Å². The summed E-state index contributed by atoms with van der Waals surface area (Å²) in [5.74, 6) is 0.0602. The normalized spacial score (nSPS) is 12.2. The highest BCUT2D eigenvalue weighted by molar-refractivity contribution is 7.07. The number of nitrogens with zero attached hydrogens (tertiary/aromatic N) is 3. The SMILES string of the molecule is O=C(C[C@@H](c1ccsc1)n1cccc1)NCCn1ccnc1. The van der Waals surface area contributed by atoms with Crippen molar-refractivity contribution in [2.24, 2.45) is 0 Å². The molecule has 0 aliphatic rings. The number of nitrogens with one attached hydrogen (secondary N) is 1. The van der Waals surface area contributed by atoms with Gasteiger partial charge in [-0.25, -0.2) is 4.98 Å². The number of thiophene rings is 1. The average molecular weight is 314 g/mol. The Hall–Kier alpha value is -2.34. The second kappa shape index (κ2) is 7.09. The van der Waals surface area contributed by atoms with Crippen LogP contribution in [0.2, 0.25) is 0 Å². The van der Waals surface area contributed by atoms with Gasteiger partial charge < -0.3 is 14.5 Å². The molecule has 0 fully saturated rings. The molecule has 3 aromatic rings. The van der Waals surface area contributed by atoms with Crippen LogP contribution < -0.4 is 5.32 Å². The summed E-state index contributed by atoms with van der Waals surface area (Å²) in [7, 11) is 0. The number of hydrogen-bond donors (Lipinski definition) is 1. The van der Waals surface area contributed by atoms with Gasteiger partial charge in [0.05, 0.1) is 18.8 Å². The van der Waals surface area contributed by atoms with Gasteiger partial charge in [-0.2, -0.15) is 11.3 Å². The fourth-order valence-corrected chi connectivity index (χ4v) is 3.11. The van der Waals surface area contributed by atoms with Crippen molar-refractivity contribution in [3.8, 4) is 0 Å². The van der Waals surface area contributed by atoms with E-state index in [0.29, 0.717) is 13.0 Å². The van der Waals surface area contributed by atoms with Crippen LogP contribution in [0.3, 0.4) is 0 Å². The van der Waals surface area contributed by atoms with Crippen molar-refractivity contribution in [2.45, 2.75) is 19.0 Å². The highest BCUT2D eigenvalue weighted by atomic mass is 32.1. The summed E-state index contributed by atoms with van der Waals surface area (Å²) in [6.07, 6.45) is 9.82. The number of amides is 1. The number of carbonyl (C=O) groups is 1. The van der Waals surface area contributed by atoms with E-state index in [-0.39, 0.29) is 11.9 Å². The van der Waals surface area contributed by atoms with Crippen LogP contribution in [0.5, 0.6) is 0 Å². The molecule has 5 nitrogen and oxygen atoms in total. The topological polar surface area (TPSA) is 51.9 Å². The molecule has 0 radical (unpaired) electrons. The standard InChI is InChI=1S/C16H18N4OS/c21-16(18-5-9-19-8-4-17-13-19)11-15(14-3-10-22-12-14)20-6-1-2-7-20/h1-4,6-8,10,12-13,15H,5,9,11H2,(H,18,21)/t15-/m0/s1. The zero-order valence-corrected chi connectivity index (χ0v) is 12.9. The van der Waals surface area contributed by atoms with Crippen LogP contribution in [0.25, 0.3) is 0 Å². The molecule has 1 N–H and O–H groups in total. The first-order chi connectivity index (χ1) is 10.8. The minimum Gasteiger partial charge on any atom is -0.354 e. The molecular formula is C16H18N4OS. The molecule has 0 unspecified atom stereocenters. The molecule has 0 saturated heterocycles. The first-order valence-corrected chi connectivity index (χ1v) is 8.14. The Labute approximate surface area is 133 Å². The Bertz CT molecular complexity index is 640. The quantitative estimate of drug-likeness (QED) is 0.728. The first-order valence-electron chi connectivity index (χ1n) is 7.20. The fourth-order valence-electron chi connectivity index (χ4n) is 2.41. The molecule has 0 bridgehead atoms. The molecule has 0 aliphatic heterocycles. The summed E-state index contributed by atoms with van der Waals surface area (Å²) < 4.78 is 4.03. The molecule has 1 amide bonds. The van der Waals surface area contributed by atoms with E-state index in [1.807, 2.05) is 40.7 Å². The molecule has 0 spiro atoms. The van der Waals surface area contributed by atoms with Crippen LogP contribution in [0, 0.1) is 0 Å². The van der Waals surface area contributed by atoms with Crippen LogP contribution in [0.1, 0.15) is 18.0 Å². The number of imidazole rings is 1. The maximum Gasteiger partial charge on any atom is 0.222 e. The smallest absolute Gasteiger partial charge is 0.222 e. The fraction of sp³-hybridized carbons (Fsp3) is 0.250. The lowest BCUT2D eigenvalue weighted by atomic mass is 10.1. The monoisotopic (exact) mass is 314 g/mol. The molecule has 22 heavy (non-hydrogen) atoms. The number of rotatable bonds is 7. The van der Waals surface area contributed by atoms with Crippen molar-refractivity contribution >= 4 is 17.2 Å². The van der Waals surface area contributed by atoms with Gasteiger partial charge in [-0.1, -0.05) is 0 Å². The lowest BCUT2D eigenvalue weighted by molar-refractivity contribution is -0.121. The molecule has 3 rings (SSSR count). The van der Waals surface area contributed by atoms with E-state index < -0.39 is 0 Å². The molecule has 3 aromatic heterocycles. The van der Waals surface area contributed by atoms with Crippen LogP contribution >= 0.6 is 11.3 Å². The van der Waals surface area contributed by atoms with Crippen molar-refractivity contribution in [1.82, 2.24) is 19.4 Å². The van der Waals surface area contributed by atoms with Gasteiger partial charge in [0.15, 0.2) is 0 Å². The third-order valence-corrected chi connectivity index (χ3v) is 4.25. The van der Waals surface area contributed by atoms with Gasteiger partial charge in [0.1, 0.15) is 0 Å². The molecule has 114 valence electrons. The van der Waals surface area contributed by atoms with Gasteiger partial charge in [-0.15, -0.1) is 0 Å². The Kier molecular flexibility index (Phi) is 4.70. The molecular weight excluding hydrogens is 296 g/mol. The van der Waals surface area contributed by atoms with Crippen molar-refractivity contribution in [3.63, 3.8) is 0 Å². The van der Waals surface area contributed by atoms with Crippen molar-refractivity contribution < 1.29 is 4.79 Å². The van der Waals surface area contributed by atoms with E-state index >= 15 is 0 Å². The lowest BCUT2D eigenvalue weighted by Crippen LogP contribution is -2.29. The van der Waals surface area contributed by atoms with Crippen molar-refractivity contribution in [1.29, 1.82) is 0 Å². The Morgan fingerprint density at radius 3 is 2.86 bits per heavy atom. The largest absolute Gasteiger partial charge is 0.354 e. The predicted octanol–water partition coefficient (Wildman–Crippen LogP) is 2.54. The summed E-state index contributed by atoms with van der Waals surface area (Å²) in [5.41, 5.74) is 1.17. The zero-order chi connectivity index (χ0) is 15.2. The Morgan fingerprint density at radius 1 is 1.32 bits per heavy atom. The molecule has 3 heterocycles. The predicted molar refractivity (Wildman–Crippen MR) is 86.7 cm³/mol. The minimum absolute atomic E-state index is 0.0505. The average Bonchev–Trinajstić information content (AvgIpc) is 3.26. The van der Waals surface area contributed by atoms with E-state index in [1.54, 1.807) is 23.9 Å². The number of aromatic nitrogens is 3. The molecule has 0 aromatic carbocycles. The highest BCUT2D eigenvalue weighted by Gasteiger charge is 2.17. The third-order valence-electron chi connectivity index (χ3n) is 3.55. The third kappa shape index (κ3) is 3.65. The van der Waals surface area contributed by atoms with Gasteiger partial charge >= 0.3 is 0 Å². The van der Waals surface area contributed by atoms with E-state index in [0.717, 1.165) is 6.54 Å². The molecule has 6 heteroatoms. The second-order valence-corrected chi connectivity index (χ2v) is 5.84. The molecule has 0 saturated carbocycles. The van der Waals surface area contributed by atoms with Crippen molar-refractivity contribution in [3.05, 3.63) is 65.6 Å². The second-order valence-electron chi connectivity index (χ2n) is 5.06.